The van der Waals surface area contributed by atoms with Crippen molar-refractivity contribution in [3.63, 3.8) is 0 Å². The predicted octanol–water partition coefficient (Wildman–Crippen LogP) is 4.17. The Balaban J connectivity index is 2.32. The van der Waals surface area contributed by atoms with Crippen LogP contribution in [0.25, 0.3) is 10.9 Å². The first kappa shape index (κ1) is 15.4. The molecule has 0 atom stereocenters. The monoisotopic (exact) mass is 298 g/mol. The fourth-order valence-corrected chi connectivity index (χ4v) is 2.04. The van der Waals surface area contributed by atoms with Gasteiger partial charge in [0.05, 0.1) is 5.52 Å². The van der Waals surface area contributed by atoms with Gasteiger partial charge in [0.15, 0.2) is 6.61 Å². The summed E-state index contributed by atoms with van der Waals surface area (Å²) in [7, 11) is 0. The van der Waals surface area contributed by atoms with Crippen molar-refractivity contribution in [2.75, 3.05) is 18.5 Å². The van der Waals surface area contributed by atoms with Crippen LogP contribution >= 0.6 is 0 Å². The number of hydrogen-bond acceptors (Lipinski definition) is 3. The molecule has 1 aromatic heterocycles. The van der Waals surface area contributed by atoms with Gasteiger partial charge in [-0.15, -0.1) is 0 Å². The third kappa shape index (κ3) is 4.00. The van der Waals surface area contributed by atoms with E-state index in [-0.39, 0.29) is 5.75 Å². The molecule has 2 rings (SSSR count). The molecule has 6 heteroatoms. The number of alkyl halides is 3. The Morgan fingerprint density at radius 1 is 1.19 bits per heavy atom. The Kier molecular flexibility index (Phi) is 4.55. The van der Waals surface area contributed by atoms with Gasteiger partial charge in [-0.3, -0.25) is 0 Å². The van der Waals surface area contributed by atoms with Gasteiger partial charge in [-0.2, -0.15) is 13.2 Å². The Labute approximate surface area is 121 Å². The number of halogens is 3. The lowest BCUT2D eigenvalue weighted by Crippen LogP contribution is -2.19. The van der Waals surface area contributed by atoms with E-state index in [1.807, 2.05) is 19.9 Å². The van der Waals surface area contributed by atoms with E-state index in [1.165, 1.54) is 6.07 Å². The van der Waals surface area contributed by atoms with Crippen molar-refractivity contribution in [3.05, 3.63) is 29.8 Å². The van der Waals surface area contributed by atoms with Gasteiger partial charge in [-0.05, 0) is 43.2 Å². The summed E-state index contributed by atoms with van der Waals surface area (Å²) in [5.41, 5.74) is 1.75. The van der Waals surface area contributed by atoms with E-state index in [4.69, 9.17) is 4.74 Å². The number of nitrogens with zero attached hydrogens (tertiary/aromatic N) is 1. The molecule has 0 aliphatic rings. The third-order valence-electron chi connectivity index (χ3n) is 2.99. The van der Waals surface area contributed by atoms with Crippen LogP contribution < -0.4 is 10.1 Å². The van der Waals surface area contributed by atoms with Gasteiger partial charge < -0.3 is 10.1 Å². The van der Waals surface area contributed by atoms with E-state index in [1.54, 1.807) is 12.1 Å². The second-order valence-electron chi connectivity index (χ2n) is 4.64. The van der Waals surface area contributed by atoms with Gasteiger partial charge in [-0.1, -0.05) is 6.92 Å². The fraction of sp³-hybridized carbons (Fsp3) is 0.400. The van der Waals surface area contributed by atoms with Gasteiger partial charge in [0.25, 0.3) is 0 Å². The number of pyridine rings is 1. The van der Waals surface area contributed by atoms with Gasteiger partial charge in [0.2, 0.25) is 0 Å². The van der Waals surface area contributed by atoms with Crippen LogP contribution in [0, 0.1) is 0 Å². The van der Waals surface area contributed by atoms with Crippen LogP contribution in [0.4, 0.5) is 19.0 Å². The summed E-state index contributed by atoms with van der Waals surface area (Å²) in [6.45, 7) is 3.47. The van der Waals surface area contributed by atoms with E-state index in [0.29, 0.717) is 0 Å². The molecule has 1 aromatic carbocycles. The molecule has 0 bridgehead atoms. The highest BCUT2D eigenvalue weighted by atomic mass is 19.4. The largest absolute Gasteiger partial charge is 0.484 e. The SMILES string of the molecule is CCNc1nc2ccc(OCC(F)(F)F)cc2cc1CC. The molecule has 1 heterocycles. The Bertz CT molecular complexity index is 626. The van der Waals surface area contributed by atoms with Crippen molar-refractivity contribution in [2.45, 2.75) is 26.4 Å². The molecule has 21 heavy (non-hydrogen) atoms. The molecule has 114 valence electrons. The van der Waals surface area contributed by atoms with E-state index in [9.17, 15) is 13.2 Å². The number of nitrogens with one attached hydrogen (secondary N) is 1. The average molecular weight is 298 g/mol. The quantitative estimate of drug-likeness (QED) is 0.899. The van der Waals surface area contributed by atoms with Gasteiger partial charge in [0, 0.05) is 11.9 Å². The van der Waals surface area contributed by atoms with Crippen molar-refractivity contribution in [3.8, 4) is 5.75 Å². The standard InChI is InChI=1S/C15H17F3N2O/c1-3-10-7-11-8-12(21-9-15(16,17)18)5-6-13(11)20-14(10)19-4-2/h5-8H,3-4,9H2,1-2H3,(H,19,20). The van der Waals surface area contributed by atoms with E-state index >= 15 is 0 Å². The number of aromatic nitrogens is 1. The molecule has 0 saturated carbocycles. The molecule has 1 N–H and O–H groups in total. The normalized spacial score (nSPS) is 11.7. The van der Waals surface area contributed by atoms with Gasteiger partial charge in [-0.25, -0.2) is 4.98 Å². The summed E-state index contributed by atoms with van der Waals surface area (Å²) in [5, 5.41) is 3.96. The summed E-state index contributed by atoms with van der Waals surface area (Å²) in [6.07, 6.45) is -3.55. The van der Waals surface area contributed by atoms with E-state index < -0.39 is 12.8 Å². The van der Waals surface area contributed by atoms with E-state index in [2.05, 4.69) is 10.3 Å². The highest BCUT2D eigenvalue weighted by Crippen LogP contribution is 2.26. The first-order chi connectivity index (χ1) is 9.93. The van der Waals surface area contributed by atoms with Crippen LogP contribution in [-0.2, 0) is 6.42 Å². The molecular formula is C15H17F3N2O. The van der Waals surface area contributed by atoms with Crippen LogP contribution in [0.15, 0.2) is 24.3 Å². The van der Waals surface area contributed by atoms with Crippen LogP contribution in [-0.4, -0.2) is 24.3 Å². The lowest BCUT2D eigenvalue weighted by Gasteiger charge is -2.12. The number of anilines is 1. The number of rotatable bonds is 5. The number of aryl methyl sites for hydroxylation is 1. The topological polar surface area (TPSA) is 34.2 Å². The summed E-state index contributed by atoms with van der Waals surface area (Å²) in [4.78, 5) is 4.50. The Morgan fingerprint density at radius 3 is 2.57 bits per heavy atom. The highest BCUT2D eigenvalue weighted by molar-refractivity contribution is 5.83. The molecule has 3 nitrogen and oxygen atoms in total. The smallest absolute Gasteiger partial charge is 0.422 e. The summed E-state index contributed by atoms with van der Waals surface area (Å²) >= 11 is 0. The summed E-state index contributed by atoms with van der Waals surface area (Å²) < 4.78 is 41.3. The minimum absolute atomic E-state index is 0.194. The lowest BCUT2D eigenvalue weighted by atomic mass is 10.1. The zero-order valence-corrected chi connectivity index (χ0v) is 11.9. The molecule has 0 amide bonds. The third-order valence-corrected chi connectivity index (χ3v) is 2.99. The minimum atomic E-state index is -4.34. The maximum absolute atomic E-state index is 12.2. The van der Waals surface area contributed by atoms with Crippen molar-refractivity contribution in [2.24, 2.45) is 0 Å². The Morgan fingerprint density at radius 2 is 1.95 bits per heavy atom. The second kappa shape index (κ2) is 6.20. The van der Waals surface area contributed by atoms with Crippen molar-refractivity contribution < 1.29 is 17.9 Å². The predicted molar refractivity (Wildman–Crippen MR) is 76.8 cm³/mol. The highest BCUT2D eigenvalue weighted by Gasteiger charge is 2.28. The van der Waals surface area contributed by atoms with E-state index in [0.717, 1.165) is 35.2 Å². The molecule has 0 aliphatic carbocycles. The van der Waals surface area contributed by atoms with Crippen LogP contribution in [0.3, 0.4) is 0 Å². The maximum Gasteiger partial charge on any atom is 0.422 e. The number of benzene rings is 1. The van der Waals surface area contributed by atoms with Crippen molar-refractivity contribution in [1.82, 2.24) is 4.98 Å². The maximum atomic E-state index is 12.2. The summed E-state index contributed by atoms with van der Waals surface area (Å²) in [6, 6.07) is 6.69. The Hall–Kier alpha value is -1.98. The molecule has 0 saturated heterocycles. The first-order valence-electron chi connectivity index (χ1n) is 6.80. The van der Waals surface area contributed by atoms with Gasteiger partial charge >= 0.3 is 6.18 Å². The summed E-state index contributed by atoms with van der Waals surface area (Å²) in [5.74, 6) is 1.01. The van der Waals surface area contributed by atoms with Gasteiger partial charge in [0.1, 0.15) is 11.6 Å². The molecule has 0 spiro atoms. The lowest BCUT2D eigenvalue weighted by molar-refractivity contribution is -0.153. The number of ether oxygens (including phenoxy) is 1. The van der Waals surface area contributed by atoms with Crippen LogP contribution in [0.1, 0.15) is 19.4 Å². The van der Waals surface area contributed by atoms with Crippen molar-refractivity contribution >= 4 is 16.7 Å². The van der Waals surface area contributed by atoms with Crippen LogP contribution in [0.2, 0.25) is 0 Å². The molecule has 2 aromatic rings. The van der Waals surface area contributed by atoms with Crippen molar-refractivity contribution in [1.29, 1.82) is 0 Å². The van der Waals surface area contributed by atoms with Crippen LogP contribution in [0.5, 0.6) is 5.75 Å². The molecule has 0 unspecified atom stereocenters. The molecule has 0 radical (unpaired) electrons. The first-order valence-corrected chi connectivity index (χ1v) is 6.80. The molecular weight excluding hydrogens is 281 g/mol. The average Bonchev–Trinajstić information content (AvgIpc) is 2.44. The molecule has 0 fully saturated rings. The zero-order valence-electron chi connectivity index (χ0n) is 11.9. The molecule has 0 aliphatic heterocycles. The number of fused-ring (bicyclic) bond motifs is 1. The fourth-order valence-electron chi connectivity index (χ4n) is 2.04. The zero-order chi connectivity index (χ0) is 15.5. The number of hydrogen-bond donors (Lipinski definition) is 1. The minimum Gasteiger partial charge on any atom is -0.484 e. The second-order valence-corrected chi connectivity index (χ2v) is 4.64.